The Morgan fingerprint density at radius 1 is 1.33 bits per heavy atom. The molecule has 1 N–H and O–H groups in total. The third-order valence-corrected chi connectivity index (χ3v) is 3.67. The molecular weight excluding hydrogens is 264 g/mol. The quantitative estimate of drug-likeness (QED) is 0.933. The van der Waals surface area contributed by atoms with Crippen molar-refractivity contribution in [1.29, 1.82) is 0 Å². The number of benzene rings is 1. The fourth-order valence-electron chi connectivity index (χ4n) is 2.49. The van der Waals surface area contributed by atoms with Crippen LogP contribution in [0.3, 0.4) is 0 Å². The first-order valence-corrected chi connectivity index (χ1v) is 7.20. The van der Waals surface area contributed by atoms with E-state index in [1.807, 2.05) is 38.4 Å². The van der Waals surface area contributed by atoms with E-state index in [2.05, 4.69) is 26.3 Å². The number of rotatable bonds is 3. The highest BCUT2D eigenvalue weighted by Crippen LogP contribution is 2.24. The van der Waals surface area contributed by atoms with Crippen LogP contribution in [0.1, 0.15) is 16.8 Å². The van der Waals surface area contributed by atoms with Crippen LogP contribution in [0.25, 0.3) is 0 Å². The molecule has 5 nitrogen and oxygen atoms in total. The number of hydrogen-bond donors (Lipinski definition) is 1. The molecule has 0 saturated carbocycles. The van der Waals surface area contributed by atoms with Crippen LogP contribution in [0.15, 0.2) is 30.5 Å². The summed E-state index contributed by atoms with van der Waals surface area (Å²) in [4.78, 5) is 11.3. The van der Waals surface area contributed by atoms with E-state index in [4.69, 9.17) is 4.74 Å². The van der Waals surface area contributed by atoms with Crippen LogP contribution < -0.4 is 15.0 Å². The van der Waals surface area contributed by atoms with E-state index >= 15 is 0 Å². The van der Waals surface area contributed by atoms with Gasteiger partial charge in [-0.15, -0.1) is 0 Å². The van der Waals surface area contributed by atoms with Crippen LogP contribution >= 0.6 is 0 Å². The van der Waals surface area contributed by atoms with Crippen LogP contribution in [-0.2, 0) is 13.1 Å². The molecule has 0 fully saturated rings. The molecule has 0 bridgehead atoms. The van der Waals surface area contributed by atoms with Crippen molar-refractivity contribution < 1.29 is 4.74 Å². The topological polar surface area (TPSA) is 50.3 Å². The number of anilines is 1. The molecule has 2 heterocycles. The molecule has 0 saturated heterocycles. The van der Waals surface area contributed by atoms with Crippen molar-refractivity contribution in [3.8, 4) is 5.75 Å². The standard InChI is InChI=1S/C16H20N4O/c1-12-14(9-17-2)10-18-16(19-12)20-7-8-21-15-6-4-3-5-13(15)11-20/h3-6,10,17H,7-9,11H2,1-2H3. The van der Waals surface area contributed by atoms with Gasteiger partial charge in [0.25, 0.3) is 0 Å². The van der Waals surface area contributed by atoms with Crippen molar-refractivity contribution in [2.24, 2.45) is 0 Å². The Labute approximate surface area is 125 Å². The van der Waals surface area contributed by atoms with Gasteiger partial charge in [-0.2, -0.15) is 0 Å². The Morgan fingerprint density at radius 3 is 3.00 bits per heavy atom. The second kappa shape index (κ2) is 6.10. The Hall–Kier alpha value is -2.14. The highest BCUT2D eigenvalue weighted by molar-refractivity contribution is 5.41. The highest BCUT2D eigenvalue weighted by atomic mass is 16.5. The van der Waals surface area contributed by atoms with Crippen molar-refractivity contribution in [1.82, 2.24) is 15.3 Å². The molecule has 0 spiro atoms. The first kappa shape index (κ1) is 13.8. The Kier molecular flexibility index (Phi) is 4.01. The van der Waals surface area contributed by atoms with Crippen LogP contribution in [0.2, 0.25) is 0 Å². The van der Waals surface area contributed by atoms with E-state index < -0.39 is 0 Å². The summed E-state index contributed by atoms with van der Waals surface area (Å²) < 4.78 is 5.79. The van der Waals surface area contributed by atoms with Crippen molar-refractivity contribution in [2.75, 3.05) is 25.1 Å². The van der Waals surface area contributed by atoms with E-state index in [1.54, 1.807) is 0 Å². The smallest absolute Gasteiger partial charge is 0.225 e. The lowest BCUT2D eigenvalue weighted by atomic mass is 10.2. The first-order chi connectivity index (χ1) is 10.3. The van der Waals surface area contributed by atoms with Gasteiger partial charge in [0.05, 0.1) is 6.54 Å². The van der Waals surface area contributed by atoms with Gasteiger partial charge in [0.1, 0.15) is 12.4 Å². The van der Waals surface area contributed by atoms with Crippen molar-refractivity contribution in [3.63, 3.8) is 0 Å². The predicted molar refractivity (Wildman–Crippen MR) is 82.5 cm³/mol. The Bertz CT molecular complexity index is 629. The normalized spacial score (nSPS) is 14.3. The minimum absolute atomic E-state index is 0.650. The van der Waals surface area contributed by atoms with E-state index in [0.29, 0.717) is 6.61 Å². The molecule has 110 valence electrons. The average Bonchev–Trinajstić information content (AvgIpc) is 2.71. The van der Waals surface area contributed by atoms with Crippen molar-refractivity contribution >= 4 is 5.95 Å². The van der Waals surface area contributed by atoms with Crippen molar-refractivity contribution in [2.45, 2.75) is 20.0 Å². The zero-order valence-corrected chi connectivity index (χ0v) is 12.5. The van der Waals surface area contributed by atoms with Gasteiger partial charge in [-0.25, -0.2) is 9.97 Å². The van der Waals surface area contributed by atoms with Gasteiger partial charge in [0, 0.05) is 36.1 Å². The summed E-state index contributed by atoms with van der Waals surface area (Å²) in [6.45, 7) is 5.04. The molecule has 1 aromatic carbocycles. The largest absolute Gasteiger partial charge is 0.491 e. The summed E-state index contributed by atoms with van der Waals surface area (Å²) in [5.74, 6) is 1.73. The molecule has 3 rings (SSSR count). The van der Waals surface area contributed by atoms with Crippen LogP contribution in [0, 0.1) is 6.92 Å². The number of aryl methyl sites for hydroxylation is 1. The molecule has 0 unspecified atom stereocenters. The minimum Gasteiger partial charge on any atom is -0.491 e. The third-order valence-electron chi connectivity index (χ3n) is 3.67. The zero-order chi connectivity index (χ0) is 14.7. The van der Waals surface area contributed by atoms with Gasteiger partial charge in [-0.1, -0.05) is 18.2 Å². The summed E-state index contributed by atoms with van der Waals surface area (Å²) in [5.41, 5.74) is 3.33. The van der Waals surface area contributed by atoms with Gasteiger partial charge in [0.2, 0.25) is 5.95 Å². The fourth-order valence-corrected chi connectivity index (χ4v) is 2.49. The molecule has 0 aliphatic carbocycles. The molecule has 1 aliphatic heterocycles. The maximum absolute atomic E-state index is 5.79. The van der Waals surface area contributed by atoms with Crippen LogP contribution in [0.4, 0.5) is 5.95 Å². The van der Waals surface area contributed by atoms with E-state index in [9.17, 15) is 0 Å². The van der Waals surface area contributed by atoms with E-state index in [1.165, 1.54) is 5.56 Å². The lowest BCUT2D eigenvalue weighted by Crippen LogP contribution is -2.27. The maximum Gasteiger partial charge on any atom is 0.225 e. The first-order valence-electron chi connectivity index (χ1n) is 7.20. The zero-order valence-electron chi connectivity index (χ0n) is 12.5. The number of para-hydroxylation sites is 1. The van der Waals surface area contributed by atoms with Crippen LogP contribution in [0.5, 0.6) is 5.75 Å². The fraction of sp³-hybridized carbons (Fsp3) is 0.375. The molecule has 0 amide bonds. The summed E-state index contributed by atoms with van der Waals surface area (Å²) in [5, 5.41) is 3.13. The molecule has 0 radical (unpaired) electrons. The number of nitrogens with zero attached hydrogens (tertiary/aromatic N) is 3. The van der Waals surface area contributed by atoms with Crippen LogP contribution in [-0.4, -0.2) is 30.2 Å². The minimum atomic E-state index is 0.650. The number of ether oxygens (including phenoxy) is 1. The summed E-state index contributed by atoms with van der Waals surface area (Å²) in [7, 11) is 1.93. The molecule has 1 aromatic heterocycles. The maximum atomic E-state index is 5.79. The van der Waals surface area contributed by atoms with Gasteiger partial charge in [-0.05, 0) is 20.0 Å². The molecule has 21 heavy (non-hydrogen) atoms. The van der Waals surface area contributed by atoms with Gasteiger partial charge in [-0.3, -0.25) is 0 Å². The van der Waals surface area contributed by atoms with E-state index in [0.717, 1.165) is 42.6 Å². The summed E-state index contributed by atoms with van der Waals surface area (Å²) >= 11 is 0. The molecule has 5 heteroatoms. The second-order valence-electron chi connectivity index (χ2n) is 5.19. The monoisotopic (exact) mass is 284 g/mol. The molecule has 0 atom stereocenters. The highest BCUT2D eigenvalue weighted by Gasteiger charge is 2.17. The predicted octanol–water partition coefficient (Wildman–Crippen LogP) is 1.90. The molecule has 1 aliphatic rings. The van der Waals surface area contributed by atoms with E-state index in [-0.39, 0.29) is 0 Å². The van der Waals surface area contributed by atoms with Gasteiger partial charge >= 0.3 is 0 Å². The number of fused-ring (bicyclic) bond motifs is 1. The number of aromatic nitrogens is 2. The van der Waals surface area contributed by atoms with Gasteiger partial charge < -0.3 is 15.0 Å². The number of nitrogens with one attached hydrogen (secondary N) is 1. The Morgan fingerprint density at radius 2 is 2.19 bits per heavy atom. The van der Waals surface area contributed by atoms with Gasteiger partial charge in [0.15, 0.2) is 0 Å². The number of hydrogen-bond acceptors (Lipinski definition) is 5. The Balaban J connectivity index is 1.85. The molecule has 2 aromatic rings. The summed E-state index contributed by atoms with van der Waals surface area (Å²) in [6, 6.07) is 8.15. The lowest BCUT2D eigenvalue weighted by molar-refractivity contribution is 0.331. The lowest BCUT2D eigenvalue weighted by Gasteiger charge is -2.20. The SMILES string of the molecule is CNCc1cnc(N2CCOc3ccccc3C2)nc1C. The molecular formula is C16H20N4O. The second-order valence-corrected chi connectivity index (χ2v) is 5.19. The average molecular weight is 284 g/mol. The summed E-state index contributed by atoms with van der Waals surface area (Å²) in [6.07, 6.45) is 1.91. The third kappa shape index (κ3) is 2.97. The van der Waals surface area contributed by atoms with Crippen molar-refractivity contribution in [3.05, 3.63) is 47.3 Å².